The largest absolute Gasteiger partial charge is 0.294 e. The van der Waals surface area contributed by atoms with Crippen molar-refractivity contribution < 1.29 is 9.59 Å². The molecule has 1 aliphatic heterocycles. The lowest BCUT2D eigenvalue weighted by molar-refractivity contribution is -0.118. The maximum atomic E-state index is 13.4. The Bertz CT molecular complexity index is 1090. The van der Waals surface area contributed by atoms with Gasteiger partial charge in [0.25, 0.3) is 0 Å². The summed E-state index contributed by atoms with van der Waals surface area (Å²) in [6, 6.07) is 16.0. The molecular formula is C25H23NO2. The van der Waals surface area contributed by atoms with E-state index in [0.29, 0.717) is 6.42 Å². The third-order valence-electron chi connectivity index (χ3n) is 6.28. The molecule has 0 saturated carbocycles. The summed E-state index contributed by atoms with van der Waals surface area (Å²) in [5.74, 6) is -0.414. The standard InChI is InChI=1S/C25H23NO2/c1-14-8-10-15(11-9-14)20-21-18(12-25(2,3)13-19(21)27)26-23-16-6-4-5-7-17(16)24(28)22(20)23/h4-11,20,22H,12-13H2,1-3H3/t20-,22-/m0/s1. The van der Waals surface area contributed by atoms with E-state index in [2.05, 4.69) is 38.1 Å². The summed E-state index contributed by atoms with van der Waals surface area (Å²) in [5, 5.41) is 0. The van der Waals surface area contributed by atoms with E-state index in [1.807, 2.05) is 31.2 Å². The molecule has 2 aromatic carbocycles. The number of ketones is 2. The highest BCUT2D eigenvalue weighted by Gasteiger charge is 2.50. The molecular weight excluding hydrogens is 346 g/mol. The van der Waals surface area contributed by atoms with E-state index in [4.69, 9.17) is 4.99 Å². The van der Waals surface area contributed by atoms with Gasteiger partial charge in [-0.25, -0.2) is 0 Å². The van der Waals surface area contributed by atoms with Crippen LogP contribution in [0.1, 0.15) is 59.7 Å². The number of allylic oxidation sites excluding steroid dienone is 2. The quantitative estimate of drug-likeness (QED) is 0.707. The SMILES string of the molecule is Cc1ccc([C@H]2C3=C(CC(C)(C)CC3=O)N=C3c4ccccc4C(=O)[C@H]32)cc1. The molecule has 2 aromatic rings. The maximum absolute atomic E-state index is 13.4. The fraction of sp³-hybridized carbons (Fsp3) is 0.320. The van der Waals surface area contributed by atoms with Crippen LogP contribution in [0.4, 0.5) is 0 Å². The van der Waals surface area contributed by atoms with Gasteiger partial charge in [0, 0.05) is 34.7 Å². The molecule has 5 rings (SSSR count). The van der Waals surface area contributed by atoms with E-state index in [9.17, 15) is 9.59 Å². The van der Waals surface area contributed by atoms with Crippen molar-refractivity contribution in [3.63, 3.8) is 0 Å². The van der Waals surface area contributed by atoms with Crippen molar-refractivity contribution in [2.75, 3.05) is 0 Å². The average Bonchev–Trinajstić information content (AvgIpc) is 2.93. The van der Waals surface area contributed by atoms with Crippen molar-refractivity contribution in [1.29, 1.82) is 0 Å². The van der Waals surface area contributed by atoms with E-state index in [0.717, 1.165) is 40.1 Å². The number of benzene rings is 2. The van der Waals surface area contributed by atoms with Gasteiger partial charge in [0.2, 0.25) is 0 Å². The minimum absolute atomic E-state index is 0.0871. The Hall–Kier alpha value is -2.81. The van der Waals surface area contributed by atoms with Crippen molar-refractivity contribution >= 4 is 17.3 Å². The van der Waals surface area contributed by atoms with Crippen LogP contribution in [0.5, 0.6) is 0 Å². The molecule has 3 heteroatoms. The Kier molecular flexibility index (Phi) is 3.61. The van der Waals surface area contributed by atoms with Gasteiger partial charge in [-0.2, -0.15) is 0 Å². The van der Waals surface area contributed by atoms with Gasteiger partial charge in [-0.05, 0) is 24.3 Å². The van der Waals surface area contributed by atoms with Crippen LogP contribution in [0.3, 0.4) is 0 Å². The zero-order valence-electron chi connectivity index (χ0n) is 16.5. The van der Waals surface area contributed by atoms with Crippen molar-refractivity contribution in [2.24, 2.45) is 16.3 Å². The van der Waals surface area contributed by atoms with E-state index in [1.54, 1.807) is 0 Å². The van der Waals surface area contributed by atoms with E-state index in [1.165, 1.54) is 5.56 Å². The zero-order chi connectivity index (χ0) is 19.6. The number of aliphatic imine (C=N–C) groups is 1. The summed E-state index contributed by atoms with van der Waals surface area (Å²) in [5.41, 5.74) is 6.24. The lowest BCUT2D eigenvalue weighted by atomic mass is 9.66. The number of Topliss-reactive ketones (excluding diaryl/α,β-unsaturated/α-hetero) is 2. The predicted molar refractivity (Wildman–Crippen MR) is 110 cm³/mol. The van der Waals surface area contributed by atoms with Crippen LogP contribution in [-0.2, 0) is 4.79 Å². The molecule has 3 nitrogen and oxygen atoms in total. The number of fused-ring (bicyclic) bond motifs is 3. The minimum Gasteiger partial charge on any atom is -0.294 e. The van der Waals surface area contributed by atoms with Crippen LogP contribution < -0.4 is 0 Å². The van der Waals surface area contributed by atoms with Gasteiger partial charge in [0.15, 0.2) is 11.6 Å². The first-order valence-electron chi connectivity index (χ1n) is 9.91. The molecule has 0 amide bonds. The van der Waals surface area contributed by atoms with E-state index < -0.39 is 5.92 Å². The van der Waals surface area contributed by atoms with Crippen LogP contribution in [0.25, 0.3) is 0 Å². The molecule has 0 saturated heterocycles. The van der Waals surface area contributed by atoms with Gasteiger partial charge < -0.3 is 0 Å². The molecule has 2 atom stereocenters. The lowest BCUT2D eigenvalue weighted by Gasteiger charge is -2.38. The Morgan fingerprint density at radius 2 is 1.57 bits per heavy atom. The Morgan fingerprint density at radius 1 is 0.893 bits per heavy atom. The third-order valence-corrected chi connectivity index (χ3v) is 6.28. The van der Waals surface area contributed by atoms with Gasteiger partial charge in [-0.1, -0.05) is 67.9 Å². The molecule has 0 radical (unpaired) electrons. The molecule has 0 fully saturated rings. The first kappa shape index (κ1) is 17.3. The van der Waals surface area contributed by atoms with E-state index in [-0.39, 0.29) is 22.9 Å². The highest BCUT2D eigenvalue weighted by atomic mass is 16.1. The molecule has 28 heavy (non-hydrogen) atoms. The average molecular weight is 369 g/mol. The number of hydrogen-bond acceptors (Lipinski definition) is 3. The molecule has 1 heterocycles. The van der Waals surface area contributed by atoms with Crippen LogP contribution in [0, 0.1) is 18.3 Å². The van der Waals surface area contributed by atoms with Crippen molar-refractivity contribution in [1.82, 2.24) is 0 Å². The molecule has 0 unspecified atom stereocenters. The second-order valence-corrected chi connectivity index (χ2v) is 9.07. The van der Waals surface area contributed by atoms with Crippen molar-refractivity contribution in [3.05, 3.63) is 82.1 Å². The number of rotatable bonds is 1. The number of nitrogens with zero attached hydrogens (tertiary/aromatic N) is 1. The highest BCUT2D eigenvalue weighted by Crippen LogP contribution is 2.51. The van der Waals surface area contributed by atoms with Gasteiger partial charge in [-0.3, -0.25) is 14.6 Å². The number of carbonyl (C=O) groups excluding carboxylic acids is 2. The van der Waals surface area contributed by atoms with Gasteiger partial charge >= 0.3 is 0 Å². The topological polar surface area (TPSA) is 46.5 Å². The van der Waals surface area contributed by atoms with Crippen LogP contribution in [-0.4, -0.2) is 17.3 Å². The number of aryl methyl sites for hydroxylation is 1. The van der Waals surface area contributed by atoms with Crippen LogP contribution in [0.15, 0.2) is 64.8 Å². The molecule has 0 spiro atoms. The fourth-order valence-electron chi connectivity index (χ4n) is 5.02. The number of hydrogen-bond donors (Lipinski definition) is 0. The van der Waals surface area contributed by atoms with Crippen LogP contribution >= 0.6 is 0 Å². The monoisotopic (exact) mass is 369 g/mol. The highest BCUT2D eigenvalue weighted by molar-refractivity contribution is 6.30. The molecule has 2 aliphatic carbocycles. The van der Waals surface area contributed by atoms with Gasteiger partial charge in [0.1, 0.15) is 0 Å². The van der Waals surface area contributed by atoms with Crippen molar-refractivity contribution in [3.8, 4) is 0 Å². The lowest BCUT2D eigenvalue weighted by Crippen LogP contribution is -2.37. The molecule has 0 N–H and O–H groups in total. The molecule has 3 aliphatic rings. The summed E-state index contributed by atoms with van der Waals surface area (Å²) in [6.45, 7) is 6.29. The molecule has 0 bridgehead atoms. The molecule has 140 valence electrons. The maximum Gasteiger partial charge on any atom is 0.173 e. The van der Waals surface area contributed by atoms with Gasteiger partial charge in [0.05, 0.1) is 11.6 Å². The second-order valence-electron chi connectivity index (χ2n) is 9.07. The predicted octanol–water partition coefficient (Wildman–Crippen LogP) is 5.04. The fourth-order valence-corrected chi connectivity index (χ4v) is 5.02. The number of carbonyl (C=O) groups is 2. The first-order valence-corrected chi connectivity index (χ1v) is 9.91. The summed E-state index contributed by atoms with van der Waals surface area (Å²) in [7, 11) is 0. The molecule has 0 aromatic heterocycles. The first-order chi connectivity index (χ1) is 13.4. The minimum atomic E-state index is -0.399. The van der Waals surface area contributed by atoms with Crippen LogP contribution in [0.2, 0.25) is 0 Å². The summed E-state index contributed by atoms with van der Waals surface area (Å²) >= 11 is 0. The zero-order valence-corrected chi connectivity index (χ0v) is 16.5. The second kappa shape index (κ2) is 5.84. The summed E-state index contributed by atoms with van der Waals surface area (Å²) < 4.78 is 0. The Morgan fingerprint density at radius 3 is 2.29 bits per heavy atom. The Balaban J connectivity index is 1.76. The third kappa shape index (κ3) is 2.46. The van der Waals surface area contributed by atoms with E-state index >= 15 is 0 Å². The smallest absolute Gasteiger partial charge is 0.173 e. The summed E-state index contributed by atoms with van der Waals surface area (Å²) in [6.07, 6.45) is 1.27. The summed E-state index contributed by atoms with van der Waals surface area (Å²) in [4.78, 5) is 31.6. The van der Waals surface area contributed by atoms with Gasteiger partial charge in [-0.15, -0.1) is 0 Å². The normalized spacial score (nSPS) is 25.2. The van der Waals surface area contributed by atoms with Crippen molar-refractivity contribution in [2.45, 2.75) is 39.5 Å². The Labute approximate surface area is 165 Å².